The molecule has 0 fully saturated rings. The number of nitrogens with zero attached hydrogens (tertiary/aromatic N) is 3. The molecule has 0 bridgehead atoms. The topological polar surface area (TPSA) is 38.1 Å². The summed E-state index contributed by atoms with van der Waals surface area (Å²) in [5.74, 6) is 1.09. The minimum atomic E-state index is 0. The second-order valence-electron chi connectivity index (χ2n) is 6.04. The van der Waals surface area contributed by atoms with E-state index < -0.39 is 0 Å². The van der Waals surface area contributed by atoms with Crippen molar-refractivity contribution in [2.45, 2.75) is 19.9 Å². The molecule has 146 valence electrons. The van der Waals surface area contributed by atoms with E-state index in [2.05, 4.69) is 47.6 Å². The van der Waals surface area contributed by atoms with Crippen molar-refractivity contribution < 1.29 is 0 Å². The smallest absolute Gasteiger partial charge is 0.196 e. The molecule has 0 aliphatic heterocycles. The number of rotatable bonds is 4. The monoisotopic (exact) mass is 445 g/mol. The summed E-state index contributed by atoms with van der Waals surface area (Å²) in [4.78, 5) is 18.6. The molecule has 4 rings (SSSR count). The van der Waals surface area contributed by atoms with Crippen LogP contribution >= 0.6 is 47.8 Å². The Labute approximate surface area is 180 Å². The Kier molecular flexibility index (Phi) is 8.99. The molecule has 0 aliphatic rings. The SMILES string of the molecule is CCc1ccc(-n2ccnc2CN(C)C)s1.Cl.Cl.O=c1c2cccc(Cl)c12. The van der Waals surface area contributed by atoms with Gasteiger partial charge in [0, 0.05) is 22.7 Å². The van der Waals surface area contributed by atoms with Crippen molar-refractivity contribution in [3.05, 3.63) is 68.7 Å². The molecule has 0 saturated heterocycles. The van der Waals surface area contributed by atoms with Crippen LogP contribution in [0.3, 0.4) is 0 Å². The first-order valence-corrected chi connectivity index (χ1v) is 9.30. The molecule has 2 heterocycles. The first-order chi connectivity index (χ1) is 12.0. The highest BCUT2D eigenvalue weighted by molar-refractivity contribution is 7.14. The van der Waals surface area contributed by atoms with E-state index in [1.165, 1.54) is 9.88 Å². The van der Waals surface area contributed by atoms with Crippen LogP contribution in [0.1, 0.15) is 17.6 Å². The van der Waals surface area contributed by atoms with Gasteiger partial charge < -0.3 is 4.90 Å². The fourth-order valence-corrected chi connectivity index (χ4v) is 3.72. The predicted molar refractivity (Wildman–Crippen MR) is 120 cm³/mol. The number of benzene rings is 1. The van der Waals surface area contributed by atoms with Gasteiger partial charge in [-0.05, 0) is 38.7 Å². The standard InChI is InChI=1S/C12H17N3S.C7H3ClO.2ClH/c1-4-10-5-6-12(16-10)15-8-7-13-11(15)9-14(2)3;8-5-3-1-2-4-6(5)7(4)9;;/h5-8H,4,9H2,1-3H3;1-3H;2*1H. The highest BCUT2D eigenvalue weighted by atomic mass is 35.5. The molecule has 2 aromatic carbocycles. The molecule has 0 unspecified atom stereocenters. The number of hydrogen-bond donors (Lipinski definition) is 0. The molecule has 0 atom stereocenters. The molecule has 0 spiro atoms. The number of halogens is 3. The van der Waals surface area contributed by atoms with Crippen molar-refractivity contribution in [3.8, 4) is 5.00 Å². The number of hydrogen-bond acceptors (Lipinski definition) is 4. The van der Waals surface area contributed by atoms with E-state index in [-0.39, 0.29) is 30.2 Å². The summed E-state index contributed by atoms with van der Waals surface area (Å²) in [5.41, 5.74) is 0.102. The van der Waals surface area contributed by atoms with Crippen LogP contribution in [0, 0.1) is 0 Å². The summed E-state index contributed by atoms with van der Waals surface area (Å²) in [5, 5.41) is 3.32. The molecule has 0 aliphatic carbocycles. The highest BCUT2D eigenvalue weighted by Crippen LogP contribution is 2.23. The lowest BCUT2D eigenvalue weighted by Gasteiger charge is -2.10. The van der Waals surface area contributed by atoms with Crippen molar-refractivity contribution >= 4 is 58.5 Å². The van der Waals surface area contributed by atoms with Gasteiger partial charge in [0.05, 0.1) is 17.0 Å². The normalized spacial score (nSPS) is 10.4. The molecule has 0 N–H and O–H groups in total. The fraction of sp³-hybridized carbons (Fsp3) is 0.263. The van der Waals surface area contributed by atoms with Crippen LogP contribution in [0.2, 0.25) is 5.02 Å². The van der Waals surface area contributed by atoms with Crippen LogP contribution in [0.25, 0.3) is 15.8 Å². The third kappa shape index (κ3) is 5.56. The third-order valence-corrected chi connectivity index (χ3v) is 5.38. The van der Waals surface area contributed by atoms with E-state index >= 15 is 0 Å². The summed E-state index contributed by atoms with van der Waals surface area (Å²) in [6.07, 6.45) is 5.00. The molecule has 4 aromatic rings. The molecule has 27 heavy (non-hydrogen) atoms. The second kappa shape index (κ2) is 10.2. The highest BCUT2D eigenvalue weighted by Gasteiger charge is 2.13. The average molecular weight is 447 g/mol. The van der Waals surface area contributed by atoms with Crippen molar-refractivity contribution in [1.29, 1.82) is 0 Å². The van der Waals surface area contributed by atoms with Gasteiger partial charge in [0.2, 0.25) is 0 Å². The number of aryl methyl sites for hydroxylation is 1. The van der Waals surface area contributed by atoms with Crippen molar-refractivity contribution in [2.24, 2.45) is 0 Å². The van der Waals surface area contributed by atoms with E-state index in [4.69, 9.17) is 11.6 Å². The second-order valence-corrected chi connectivity index (χ2v) is 7.59. The Morgan fingerprint density at radius 2 is 1.93 bits per heavy atom. The maximum absolute atomic E-state index is 10.7. The van der Waals surface area contributed by atoms with Crippen LogP contribution in [-0.4, -0.2) is 28.5 Å². The van der Waals surface area contributed by atoms with Crippen LogP contribution in [0.5, 0.6) is 0 Å². The van der Waals surface area contributed by atoms with Gasteiger partial charge in [-0.25, -0.2) is 4.98 Å². The Bertz CT molecular complexity index is 999. The van der Waals surface area contributed by atoms with Crippen LogP contribution in [0.15, 0.2) is 47.5 Å². The lowest BCUT2D eigenvalue weighted by molar-refractivity contribution is 0.388. The zero-order valence-corrected chi connectivity index (χ0v) is 18.5. The number of imidazole rings is 1. The molecule has 0 radical (unpaired) electrons. The lowest BCUT2D eigenvalue weighted by atomic mass is 10.4. The van der Waals surface area contributed by atoms with E-state index in [1.54, 1.807) is 18.2 Å². The zero-order valence-electron chi connectivity index (χ0n) is 15.3. The van der Waals surface area contributed by atoms with E-state index in [0.29, 0.717) is 10.4 Å². The molecular formula is C19H22Cl3N3OS. The van der Waals surface area contributed by atoms with Crippen molar-refractivity contribution in [3.63, 3.8) is 0 Å². The first-order valence-electron chi connectivity index (χ1n) is 8.10. The Morgan fingerprint density at radius 3 is 2.48 bits per heavy atom. The Morgan fingerprint density at radius 1 is 1.19 bits per heavy atom. The molecule has 2 aromatic heterocycles. The van der Waals surface area contributed by atoms with E-state index in [9.17, 15) is 4.79 Å². The van der Waals surface area contributed by atoms with Gasteiger partial charge in [0.25, 0.3) is 0 Å². The van der Waals surface area contributed by atoms with Crippen LogP contribution in [0.4, 0.5) is 0 Å². The molecular weight excluding hydrogens is 425 g/mol. The quantitative estimate of drug-likeness (QED) is 0.436. The van der Waals surface area contributed by atoms with E-state index in [0.717, 1.165) is 24.2 Å². The predicted octanol–water partition coefficient (Wildman–Crippen LogP) is 5.13. The van der Waals surface area contributed by atoms with Gasteiger partial charge in [-0.2, -0.15) is 0 Å². The van der Waals surface area contributed by atoms with Gasteiger partial charge in [0.1, 0.15) is 10.8 Å². The van der Waals surface area contributed by atoms with Gasteiger partial charge >= 0.3 is 0 Å². The van der Waals surface area contributed by atoms with Crippen LogP contribution in [-0.2, 0) is 13.0 Å². The maximum atomic E-state index is 10.7. The fourth-order valence-electron chi connectivity index (χ4n) is 2.51. The molecule has 8 heteroatoms. The van der Waals surface area contributed by atoms with Crippen molar-refractivity contribution in [2.75, 3.05) is 14.1 Å². The molecule has 0 saturated carbocycles. The third-order valence-electron chi connectivity index (χ3n) is 3.83. The Hall–Kier alpha value is -1.37. The number of aromatic nitrogens is 2. The minimum absolute atomic E-state index is 0. The maximum Gasteiger partial charge on any atom is 0.196 e. The summed E-state index contributed by atoms with van der Waals surface area (Å²) in [6.45, 7) is 3.05. The average Bonchev–Trinajstić information content (AvgIpc) is 2.97. The molecule has 0 amide bonds. The largest absolute Gasteiger partial charge is 0.302 e. The van der Waals surface area contributed by atoms with Gasteiger partial charge in [-0.3, -0.25) is 9.36 Å². The van der Waals surface area contributed by atoms with Gasteiger partial charge in [-0.15, -0.1) is 36.2 Å². The number of fused-ring (bicyclic) bond motifs is 1. The zero-order chi connectivity index (χ0) is 18.0. The number of thiophene rings is 1. The summed E-state index contributed by atoms with van der Waals surface area (Å²) in [6, 6.07) is 9.66. The summed E-state index contributed by atoms with van der Waals surface area (Å²) < 4.78 is 2.17. The van der Waals surface area contributed by atoms with Gasteiger partial charge in [0.15, 0.2) is 5.43 Å². The van der Waals surface area contributed by atoms with E-state index in [1.807, 2.05) is 23.7 Å². The van der Waals surface area contributed by atoms with Gasteiger partial charge in [-0.1, -0.05) is 30.7 Å². The summed E-state index contributed by atoms with van der Waals surface area (Å²) >= 11 is 7.47. The lowest BCUT2D eigenvalue weighted by Crippen LogP contribution is -2.14. The Balaban J connectivity index is 0.000000284. The minimum Gasteiger partial charge on any atom is -0.302 e. The molecule has 4 nitrogen and oxygen atoms in total. The van der Waals surface area contributed by atoms with Crippen molar-refractivity contribution in [1.82, 2.24) is 14.5 Å². The summed E-state index contributed by atoms with van der Waals surface area (Å²) in [7, 11) is 4.12. The first kappa shape index (κ1) is 23.7. The van der Waals surface area contributed by atoms with Crippen LogP contribution < -0.4 is 5.43 Å².